The SMILES string of the molecule is C=CC(=O)OCCC(=O)CN1C(=O)CCC1=O. The second-order valence-corrected chi connectivity index (χ2v) is 3.53. The van der Waals surface area contributed by atoms with Crippen molar-refractivity contribution >= 4 is 23.6 Å². The molecule has 0 aromatic heterocycles. The van der Waals surface area contributed by atoms with Crippen LogP contribution in [-0.2, 0) is 23.9 Å². The van der Waals surface area contributed by atoms with Crippen LogP contribution in [0.25, 0.3) is 0 Å². The van der Waals surface area contributed by atoms with Gasteiger partial charge in [-0.05, 0) is 0 Å². The van der Waals surface area contributed by atoms with Gasteiger partial charge in [-0.1, -0.05) is 6.58 Å². The van der Waals surface area contributed by atoms with Gasteiger partial charge in [-0.15, -0.1) is 0 Å². The summed E-state index contributed by atoms with van der Waals surface area (Å²) >= 11 is 0. The van der Waals surface area contributed by atoms with Gasteiger partial charge in [-0.2, -0.15) is 0 Å². The van der Waals surface area contributed by atoms with Gasteiger partial charge >= 0.3 is 5.97 Å². The highest BCUT2D eigenvalue weighted by Crippen LogP contribution is 2.11. The highest BCUT2D eigenvalue weighted by molar-refractivity contribution is 6.04. The number of likely N-dealkylation sites (tertiary alicyclic amines) is 1. The van der Waals surface area contributed by atoms with Crippen LogP contribution in [0.5, 0.6) is 0 Å². The van der Waals surface area contributed by atoms with E-state index >= 15 is 0 Å². The molecule has 6 nitrogen and oxygen atoms in total. The lowest BCUT2D eigenvalue weighted by Crippen LogP contribution is -2.34. The molecule has 0 bridgehead atoms. The topological polar surface area (TPSA) is 80.8 Å². The number of ether oxygens (including phenoxy) is 1. The van der Waals surface area contributed by atoms with Crippen LogP contribution in [0.2, 0.25) is 0 Å². The number of Topliss-reactive ketones (excluding diaryl/α,β-unsaturated/α-hetero) is 1. The minimum absolute atomic E-state index is 0.0172. The van der Waals surface area contributed by atoms with Crippen LogP contribution in [-0.4, -0.2) is 41.6 Å². The lowest BCUT2D eigenvalue weighted by molar-refractivity contribution is -0.143. The van der Waals surface area contributed by atoms with E-state index in [1.54, 1.807) is 0 Å². The van der Waals surface area contributed by atoms with Crippen molar-refractivity contribution in [1.82, 2.24) is 4.90 Å². The molecule has 1 aliphatic heterocycles. The lowest BCUT2D eigenvalue weighted by Gasteiger charge is -2.12. The molecular weight excluding hydrogens is 226 g/mol. The molecule has 0 unspecified atom stereocenters. The largest absolute Gasteiger partial charge is 0.462 e. The summed E-state index contributed by atoms with van der Waals surface area (Å²) in [6.07, 6.45) is 1.31. The monoisotopic (exact) mass is 239 g/mol. The second kappa shape index (κ2) is 5.93. The Morgan fingerprint density at radius 2 is 1.88 bits per heavy atom. The maximum Gasteiger partial charge on any atom is 0.330 e. The number of carbonyl (C=O) groups is 4. The minimum atomic E-state index is -0.605. The molecule has 1 fully saturated rings. The summed E-state index contributed by atoms with van der Waals surface area (Å²) in [7, 11) is 0. The van der Waals surface area contributed by atoms with Crippen molar-refractivity contribution in [3.8, 4) is 0 Å². The molecular formula is C11H13NO5. The second-order valence-electron chi connectivity index (χ2n) is 3.53. The molecule has 0 aromatic carbocycles. The molecule has 0 saturated carbocycles. The molecule has 0 aliphatic carbocycles. The minimum Gasteiger partial charge on any atom is -0.462 e. The quantitative estimate of drug-likeness (QED) is 0.365. The summed E-state index contributed by atoms with van der Waals surface area (Å²) in [6.45, 7) is 2.90. The number of esters is 1. The molecule has 0 radical (unpaired) electrons. The number of hydrogen-bond acceptors (Lipinski definition) is 5. The van der Waals surface area contributed by atoms with Crippen molar-refractivity contribution < 1.29 is 23.9 Å². The first-order valence-electron chi connectivity index (χ1n) is 5.18. The molecule has 92 valence electrons. The molecule has 17 heavy (non-hydrogen) atoms. The molecule has 2 amide bonds. The fraction of sp³-hybridized carbons (Fsp3) is 0.455. The number of rotatable bonds is 6. The van der Waals surface area contributed by atoms with Gasteiger partial charge in [0.2, 0.25) is 11.8 Å². The van der Waals surface area contributed by atoms with E-state index in [2.05, 4.69) is 11.3 Å². The van der Waals surface area contributed by atoms with E-state index in [0.29, 0.717) is 0 Å². The number of imide groups is 1. The molecule has 1 rings (SSSR count). The van der Waals surface area contributed by atoms with Crippen LogP contribution in [0.3, 0.4) is 0 Å². The Bertz CT molecular complexity index is 358. The highest BCUT2D eigenvalue weighted by Gasteiger charge is 2.30. The summed E-state index contributed by atoms with van der Waals surface area (Å²) in [4.78, 5) is 45.4. The Morgan fingerprint density at radius 3 is 2.41 bits per heavy atom. The smallest absolute Gasteiger partial charge is 0.330 e. The zero-order valence-corrected chi connectivity index (χ0v) is 9.31. The Kier molecular flexibility index (Phi) is 4.56. The molecule has 1 heterocycles. The molecule has 0 atom stereocenters. The Labute approximate surface area is 98.2 Å². The van der Waals surface area contributed by atoms with Crippen LogP contribution >= 0.6 is 0 Å². The van der Waals surface area contributed by atoms with E-state index in [-0.39, 0.29) is 50.0 Å². The molecule has 1 aliphatic rings. The summed E-state index contributed by atoms with van der Waals surface area (Å²) in [6, 6.07) is 0. The van der Waals surface area contributed by atoms with Gasteiger partial charge in [0.1, 0.15) is 0 Å². The van der Waals surface area contributed by atoms with E-state index in [9.17, 15) is 19.2 Å². The first-order chi connectivity index (χ1) is 8.04. The van der Waals surface area contributed by atoms with Gasteiger partial charge in [-0.3, -0.25) is 19.3 Å². The van der Waals surface area contributed by atoms with Gasteiger partial charge in [0.05, 0.1) is 13.2 Å². The predicted octanol–water partition coefficient (Wildman–Crippen LogP) is -0.176. The third kappa shape index (κ3) is 3.82. The maximum absolute atomic E-state index is 11.4. The van der Waals surface area contributed by atoms with E-state index < -0.39 is 5.97 Å². The van der Waals surface area contributed by atoms with Crippen molar-refractivity contribution in [3.63, 3.8) is 0 Å². The van der Waals surface area contributed by atoms with E-state index in [0.717, 1.165) is 11.0 Å². The van der Waals surface area contributed by atoms with E-state index in [1.807, 2.05) is 0 Å². The van der Waals surface area contributed by atoms with Crippen molar-refractivity contribution in [2.75, 3.05) is 13.2 Å². The van der Waals surface area contributed by atoms with Crippen LogP contribution in [0, 0.1) is 0 Å². The summed E-state index contributed by atoms with van der Waals surface area (Å²) < 4.78 is 4.61. The highest BCUT2D eigenvalue weighted by atomic mass is 16.5. The van der Waals surface area contributed by atoms with Crippen LogP contribution in [0.4, 0.5) is 0 Å². The van der Waals surface area contributed by atoms with Crippen molar-refractivity contribution in [2.45, 2.75) is 19.3 Å². The van der Waals surface area contributed by atoms with Crippen LogP contribution in [0.15, 0.2) is 12.7 Å². The maximum atomic E-state index is 11.4. The summed E-state index contributed by atoms with van der Waals surface area (Å²) in [5.74, 6) is -1.57. The lowest BCUT2D eigenvalue weighted by atomic mass is 10.3. The van der Waals surface area contributed by atoms with Crippen molar-refractivity contribution in [2.24, 2.45) is 0 Å². The number of nitrogens with zero attached hydrogens (tertiary/aromatic N) is 1. The zero-order valence-electron chi connectivity index (χ0n) is 9.31. The Balaban J connectivity index is 2.30. The molecule has 1 saturated heterocycles. The van der Waals surface area contributed by atoms with Gasteiger partial charge in [0.25, 0.3) is 0 Å². The Morgan fingerprint density at radius 1 is 1.29 bits per heavy atom. The standard InChI is InChI=1S/C11H13NO5/c1-2-11(16)17-6-5-8(13)7-12-9(14)3-4-10(12)15/h2H,1,3-7H2. The molecule has 6 heteroatoms. The summed E-state index contributed by atoms with van der Waals surface area (Å²) in [5.41, 5.74) is 0. The first kappa shape index (κ1) is 13.1. The predicted molar refractivity (Wildman–Crippen MR) is 56.7 cm³/mol. The number of hydrogen-bond donors (Lipinski definition) is 0. The van der Waals surface area contributed by atoms with Gasteiger partial charge in [0, 0.05) is 25.3 Å². The van der Waals surface area contributed by atoms with Gasteiger partial charge in [-0.25, -0.2) is 4.79 Å². The van der Waals surface area contributed by atoms with Gasteiger partial charge < -0.3 is 4.74 Å². The van der Waals surface area contributed by atoms with E-state index in [1.165, 1.54) is 0 Å². The van der Waals surface area contributed by atoms with Crippen LogP contribution in [0.1, 0.15) is 19.3 Å². The number of carbonyl (C=O) groups excluding carboxylic acids is 4. The first-order valence-corrected chi connectivity index (χ1v) is 5.18. The summed E-state index contributed by atoms with van der Waals surface area (Å²) in [5, 5.41) is 0. The fourth-order valence-corrected chi connectivity index (χ4v) is 1.38. The fourth-order valence-electron chi connectivity index (χ4n) is 1.38. The van der Waals surface area contributed by atoms with Crippen LogP contribution < -0.4 is 0 Å². The molecule has 0 N–H and O–H groups in total. The third-order valence-corrected chi connectivity index (χ3v) is 2.28. The number of ketones is 1. The van der Waals surface area contributed by atoms with Crippen molar-refractivity contribution in [1.29, 1.82) is 0 Å². The van der Waals surface area contributed by atoms with Gasteiger partial charge in [0.15, 0.2) is 5.78 Å². The van der Waals surface area contributed by atoms with E-state index in [4.69, 9.17) is 0 Å². The average molecular weight is 239 g/mol. The van der Waals surface area contributed by atoms with Crippen molar-refractivity contribution in [3.05, 3.63) is 12.7 Å². The zero-order chi connectivity index (χ0) is 12.8. The number of amides is 2. The molecule has 0 spiro atoms. The average Bonchev–Trinajstić information content (AvgIpc) is 2.60. The third-order valence-electron chi connectivity index (χ3n) is 2.28. The molecule has 0 aromatic rings. The normalized spacial score (nSPS) is 14.9. The Hall–Kier alpha value is -1.98.